The van der Waals surface area contributed by atoms with Crippen LogP contribution < -0.4 is 10.2 Å². The van der Waals surface area contributed by atoms with Crippen molar-refractivity contribution in [2.75, 3.05) is 23.3 Å². The molecule has 0 amide bonds. The Morgan fingerprint density at radius 1 is 1.53 bits per heavy atom. The number of halogens is 1. The molecule has 1 aliphatic carbocycles. The molecule has 2 unspecified atom stereocenters. The van der Waals surface area contributed by atoms with Gasteiger partial charge in [0.1, 0.15) is 5.82 Å². The molecule has 2 fully saturated rings. The predicted molar refractivity (Wildman–Crippen MR) is 72.4 cm³/mol. The van der Waals surface area contributed by atoms with Crippen LogP contribution in [0, 0.1) is 5.92 Å². The zero-order valence-electron chi connectivity index (χ0n) is 9.99. The van der Waals surface area contributed by atoms with Crippen LogP contribution in [0.3, 0.4) is 0 Å². The molecule has 1 saturated carbocycles. The standard InChI is InChI=1S/C12H17BrN4/c1-2-14-12-15-6-10(13)11(16-12)17-7-8-3-4-9(17)5-8/h6,8-9H,2-5,7H2,1H3,(H,14,15,16). The van der Waals surface area contributed by atoms with Gasteiger partial charge in [-0.25, -0.2) is 4.98 Å². The first kappa shape index (κ1) is 11.3. The summed E-state index contributed by atoms with van der Waals surface area (Å²) in [4.78, 5) is 11.3. The molecule has 0 spiro atoms. The van der Waals surface area contributed by atoms with Crippen LogP contribution in [-0.4, -0.2) is 29.1 Å². The van der Waals surface area contributed by atoms with E-state index >= 15 is 0 Å². The Hall–Kier alpha value is -0.840. The molecular weight excluding hydrogens is 280 g/mol. The van der Waals surface area contributed by atoms with Gasteiger partial charge < -0.3 is 10.2 Å². The third kappa shape index (κ3) is 2.01. The Morgan fingerprint density at radius 3 is 3.06 bits per heavy atom. The molecule has 1 aromatic rings. The molecule has 1 saturated heterocycles. The zero-order chi connectivity index (χ0) is 11.8. The van der Waals surface area contributed by atoms with E-state index in [1.165, 1.54) is 19.3 Å². The van der Waals surface area contributed by atoms with Gasteiger partial charge >= 0.3 is 0 Å². The number of aromatic nitrogens is 2. The van der Waals surface area contributed by atoms with Crippen LogP contribution in [0.15, 0.2) is 10.7 Å². The zero-order valence-corrected chi connectivity index (χ0v) is 11.6. The number of anilines is 2. The molecule has 3 rings (SSSR count). The fourth-order valence-electron chi connectivity index (χ4n) is 2.99. The summed E-state index contributed by atoms with van der Waals surface area (Å²) in [6.07, 6.45) is 5.90. The minimum absolute atomic E-state index is 0.695. The second-order valence-electron chi connectivity index (χ2n) is 4.88. The SMILES string of the molecule is CCNc1ncc(Br)c(N2CC3CCC2C3)n1. The van der Waals surface area contributed by atoms with Gasteiger partial charge in [-0.15, -0.1) is 0 Å². The molecule has 2 atom stereocenters. The summed E-state index contributed by atoms with van der Waals surface area (Å²) >= 11 is 3.57. The van der Waals surface area contributed by atoms with Gasteiger partial charge in [0.05, 0.1) is 4.47 Å². The maximum atomic E-state index is 4.62. The lowest BCUT2D eigenvalue weighted by Crippen LogP contribution is -2.33. The molecule has 2 heterocycles. The van der Waals surface area contributed by atoms with E-state index in [-0.39, 0.29) is 0 Å². The van der Waals surface area contributed by atoms with E-state index in [9.17, 15) is 0 Å². The van der Waals surface area contributed by atoms with Crippen LogP contribution in [0.2, 0.25) is 0 Å². The average Bonchev–Trinajstić information content (AvgIpc) is 2.94. The van der Waals surface area contributed by atoms with E-state index in [2.05, 4.69) is 43.0 Å². The minimum atomic E-state index is 0.695. The molecule has 0 radical (unpaired) electrons. The summed E-state index contributed by atoms with van der Waals surface area (Å²) < 4.78 is 1.01. The normalized spacial score (nSPS) is 26.6. The lowest BCUT2D eigenvalue weighted by Gasteiger charge is -2.28. The second-order valence-corrected chi connectivity index (χ2v) is 5.74. The van der Waals surface area contributed by atoms with Gasteiger partial charge in [-0.05, 0) is 48.0 Å². The van der Waals surface area contributed by atoms with Crippen molar-refractivity contribution in [1.82, 2.24) is 9.97 Å². The lowest BCUT2D eigenvalue weighted by atomic mass is 10.1. The number of piperidine rings is 1. The largest absolute Gasteiger partial charge is 0.354 e. The molecule has 92 valence electrons. The summed E-state index contributed by atoms with van der Waals surface area (Å²) in [5.74, 6) is 2.67. The van der Waals surface area contributed by atoms with Crippen LogP contribution in [0.4, 0.5) is 11.8 Å². The molecule has 2 aliphatic rings. The van der Waals surface area contributed by atoms with E-state index in [1.807, 2.05) is 6.20 Å². The monoisotopic (exact) mass is 296 g/mol. The molecular formula is C12H17BrN4. The first-order chi connectivity index (χ1) is 8.28. The van der Waals surface area contributed by atoms with Crippen molar-refractivity contribution >= 4 is 27.7 Å². The van der Waals surface area contributed by atoms with Gasteiger partial charge in [0.25, 0.3) is 0 Å². The number of hydrogen-bond acceptors (Lipinski definition) is 4. The highest BCUT2D eigenvalue weighted by Crippen LogP contribution is 2.41. The number of hydrogen-bond donors (Lipinski definition) is 1. The highest BCUT2D eigenvalue weighted by Gasteiger charge is 2.39. The smallest absolute Gasteiger partial charge is 0.224 e. The van der Waals surface area contributed by atoms with E-state index in [0.29, 0.717) is 6.04 Å². The first-order valence-corrected chi connectivity index (χ1v) is 7.10. The van der Waals surface area contributed by atoms with Crippen molar-refractivity contribution in [1.29, 1.82) is 0 Å². The second kappa shape index (κ2) is 4.44. The van der Waals surface area contributed by atoms with Crippen LogP contribution >= 0.6 is 15.9 Å². The van der Waals surface area contributed by atoms with Gasteiger partial charge in [0.15, 0.2) is 0 Å². The Kier molecular flexibility index (Phi) is 2.94. The summed E-state index contributed by atoms with van der Waals surface area (Å²) in [6.45, 7) is 4.07. The van der Waals surface area contributed by atoms with Crippen molar-refractivity contribution in [3.63, 3.8) is 0 Å². The van der Waals surface area contributed by atoms with E-state index in [0.717, 1.165) is 35.2 Å². The Morgan fingerprint density at radius 2 is 2.41 bits per heavy atom. The summed E-state index contributed by atoms with van der Waals surface area (Å²) in [7, 11) is 0. The van der Waals surface area contributed by atoms with Crippen LogP contribution in [-0.2, 0) is 0 Å². The van der Waals surface area contributed by atoms with Crippen LogP contribution in [0.5, 0.6) is 0 Å². The third-order valence-corrected chi connectivity index (χ3v) is 4.30. The molecule has 17 heavy (non-hydrogen) atoms. The van der Waals surface area contributed by atoms with Crippen LogP contribution in [0.25, 0.3) is 0 Å². The highest BCUT2D eigenvalue weighted by atomic mass is 79.9. The molecule has 2 bridgehead atoms. The van der Waals surface area contributed by atoms with E-state index in [1.54, 1.807) is 0 Å². The van der Waals surface area contributed by atoms with Crippen molar-refractivity contribution in [3.05, 3.63) is 10.7 Å². The predicted octanol–water partition coefficient (Wildman–Crippen LogP) is 2.66. The first-order valence-electron chi connectivity index (χ1n) is 6.31. The molecule has 5 heteroatoms. The van der Waals surface area contributed by atoms with E-state index < -0.39 is 0 Å². The van der Waals surface area contributed by atoms with Crippen molar-refractivity contribution in [2.24, 2.45) is 5.92 Å². The van der Waals surface area contributed by atoms with Crippen LogP contribution in [0.1, 0.15) is 26.2 Å². The molecule has 1 aliphatic heterocycles. The molecule has 4 nitrogen and oxygen atoms in total. The highest BCUT2D eigenvalue weighted by molar-refractivity contribution is 9.10. The quantitative estimate of drug-likeness (QED) is 0.931. The maximum absolute atomic E-state index is 4.62. The fraction of sp³-hybridized carbons (Fsp3) is 0.667. The molecule has 1 N–H and O–H groups in total. The summed E-state index contributed by atoms with van der Waals surface area (Å²) in [5.41, 5.74) is 0. The van der Waals surface area contributed by atoms with Crippen molar-refractivity contribution in [3.8, 4) is 0 Å². The van der Waals surface area contributed by atoms with Gasteiger partial charge in [-0.3, -0.25) is 0 Å². The fourth-order valence-corrected chi connectivity index (χ4v) is 3.41. The number of fused-ring (bicyclic) bond motifs is 2. The van der Waals surface area contributed by atoms with Gasteiger partial charge in [-0.1, -0.05) is 0 Å². The minimum Gasteiger partial charge on any atom is -0.354 e. The number of nitrogens with one attached hydrogen (secondary N) is 1. The lowest BCUT2D eigenvalue weighted by molar-refractivity contribution is 0.549. The summed E-state index contributed by atoms with van der Waals surface area (Å²) in [6, 6.07) is 0.695. The number of nitrogens with zero attached hydrogens (tertiary/aromatic N) is 3. The van der Waals surface area contributed by atoms with Gasteiger partial charge in [-0.2, -0.15) is 4.98 Å². The Bertz CT molecular complexity index is 423. The summed E-state index contributed by atoms with van der Waals surface area (Å²) in [5, 5.41) is 3.17. The van der Waals surface area contributed by atoms with Gasteiger partial charge in [0.2, 0.25) is 5.95 Å². The third-order valence-electron chi connectivity index (χ3n) is 3.74. The molecule has 0 aromatic carbocycles. The van der Waals surface area contributed by atoms with E-state index in [4.69, 9.17) is 0 Å². The average molecular weight is 297 g/mol. The Labute approximate surface area is 110 Å². The maximum Gasteiger partial charge on any atom is 0.224 e. The van der Waals surface area contributed by atoms with Gasteiger partial charge in [0, 0.05) is 25.3 Å². The number of rotatable bonds is 3. The topological polar surface area (TPSA) is 41.1 Å². The van der Waals surface area contributed by atoms with Crippen molar-refractivity contribution in [2.45, 2.75) is 32.2 Å². The van der Waals surface area contributed by atoms with Crippen molar-refractivity contribution < 1.29 is 0 Å². The molecule has 1 aromatic heterocycles. The Balaban J connectivity index is 1.88.